The van der Waals surface area contributed by atoms with Crippen molar-refractivity contribution in [2.75, 3.05) is 13.1 Å². The van der Waals surface area contributed by atoms with Crippen LogP contribution in [0, 0.1) is 0 Å². The van der Waals surface area contributed by atoms with Crippen molar-refractivity contribution < 1.29 is 29.1 Å². The van der Waals surface area contributed by atoms with Gasteiger partial charge in [-0.3, -0.25) is 24.0 Å². The predicted molar refractivity (Wildman–Crippen MR) is 115 cm³/mol. The second kappa shape index (κ2) is 11.4. The Morgan fingerprint density at radius 2 is 2.03 bits per heavy atom. The summed E-state index contributed by atoms with van der Waals surface area (Å²) in [5.74, 6) is -2.17. The minimum atomic E-state index is -0.917. The summed E-state index contributed by atoms with van der Waals surface area (Å²) in [7, 11) is 0. The first kappa shape index (κ1) is 24.2. The molecule has 0 spiro atoms. The van der Waals surface area contributed by atoms with Crippen LogP contribution in [0.1, 0.15) is 50.6 Å². The fraction of sp³-hybridized carbons (Fsp3) is 0.619. The SMILES string of the molecule is O=C(O)CCCCNC(=O)C1CCCN1C(=O)C(Cc1cnc[nH]1)NC(=O)C1CCC(=O)N1. The lowest BCUT2D eigenvalue weighted by atomic mass is 10.1. The van der Waals surface area contributed by atoms with Crippen molar-refractivity contribution in [2.24, 2.45) is 0 Å². The number of H-pyrrole nitrogens is 1. The number of aliphatic carboxylic acids is 1. The molecule has 0 bridgehead atoms. The summed E-state index contributed by atoms with van der Waals surface area (Å²) in [6.45, 7) is 0.728. The predicted octanol–water partition coefficient (Wildman–Crippen LogP) is -0.922. The van der Waals surface area contributed by atoms with Crippen LogP contribution in [-0.4, -0.2) is 80.8 Å². The Balaban J connectivity index is 1.62. The fourth-order valence-corrected chi connectivity index (χ4v) is 4.13. The maximum atomic E-state index is 13.4. The van der Waals surface area contributed by atoms with Crippen molar-refractivity contribution in [2.45, 2.75) is 69.5 Å². The van der Waals surface area contributed by atoms with Crippen LogP contribution in [0.2, 0.25) is 0 Å². The molecule has 5 N–H and O–H groups in total. The number of hydrogen-bond acceptors (Lipinski definition) is 6. The summed E-state index contributed by atoms with van der Waals surface area (Å²) in [6.07, 6.45) is 6.04. The van der Waals surface area contributed by atoms with Crippen molar-refractivity contribution in [1.82, 2.24) is 30.8 Å². The number of rotatable bonds is 11. The van der Waals surface area contributed by atoms with Gasteiger partial charge in [0.1, 0.15) is 18.1 Å². The quantitative estimate of drug-likeness (QED) is 0.264. The summed E-state index contributed by atoms with van der Waals surface area (Å²) in [5, 5.41) is 16.8. The number of likely N-dealkylation sites (tertiary alicyclic amines) is 1. The molecule has 0 saturated carbocycles. The maximum Gasteiger partial charge on any atom is 0.303 e. The molecule has 3 rings (SSSR count). The largest absolute Gasteiger partial charge is 0.481 e. The van der Waals surface area contributed by atoms with E-state index in [1.165, 1.54) is 11.2 Å². The van der Waals surface area contributed by atoms with Gasteiger partial charge in [0.2, 0.25) is 23.6 Å². The van der Waals surface area contributed by atoms with E-state index in [9.17, 15) is 24.0 Å². The van der Waals surface area contributed by atoms with Gasteiger partial charge in [0.05, 0.1) is 6.33 Å². The molecule has 180 valence electrons. The lowest BCUT2D eigenvalue weighted by Gasteiger charge is -2.29. The summed E-state index contributed by atoms with van der Waals surface area (Å²) in [5.41, 5.74) is 0.655. The molecule has 1 aromatic rings. The number of nitrogens with zero attached hydrogens (tertiary/aromatic N) is 2. The van der Waals surface area contributed by atoms with E-state index in [2.05, 4.69) is 25.9 Å². The molecule has 33 heavy (non-hydrogen) atoms. The monoisotopic (exact) mass is 462 g/mol. The normalized spacial score (nSPS) is 20.8. The molecule has 2 aliphatic rings. The number of carbonyl (C=O) groups is 5. The molecule has 12 nitrogen and oxygen atoms in total. The average Bonchev–Trinajstić information content (AvgIpc) is 3.54. The number of unbranched alkanes of at least 4 members (excludes halogenated alkanes) is 1. The zero-order valence-electron chi connectivity index (χ0n) is 18.3. The van der Waals surface area contributed by atoms with Gasteiger partial charge < -0.3 is 30.9 Å². The lowest BCUT2D eigenvalue weighted by molar-refractivity contribution is -0.141. The molecule has 3 heterocycles. The molecule has 0 radical (unpaired) electrons. The van der Waals surface area contributed by atoms with Crippen LogP contribution in [-0.2, 0) is 30.4 Å². The first-order valence-electron chi connectivity index (χ1n) is 11.2. The number of nitrogens with one attached hydrogen (secondary N) is 4. The van der Waals surface area contributed by atoms with E-state index >= 15 is 0 Å². The van der Waals surface area contributed by atoms with E-state index in [4.69, 9.17) is 5.11 Å². The number of aromatic nitrogens is 2. The van der Waals surface area contributed by atoms with Crippen molar-refractivity contribution in [1.29, 1.82) is 0 Å². The number of amides is 4. The van der Waals surface area contributed by atoms with Crippen LogP contribution in [0.4, 0.5) is 0 Å². The van der Waals surface area contributed by atoms with E-state index in [1.807, 2.05) is 0 Å². The summed E-state index contributed by atoms with van der Waals surface area (Å²) >= 11 is 0. The van der Waals surface area contributed by atoms with Crippen LogP contribution in [0.25, 0.3) is 0 Å². The van der Waals surface area contributed by atoms with Gasteiger partial charge >= 0.3 is 5.97 Å². The third kappa shape index (κ3) is 6.77. The second-order valence-corrected chi connectivity index (χ2v) is 8.33. The molecule has 4 amide bonds. The van der Waals surface area contributed by atoms with Gasteiger partial charge in [-0.25, -0.2) is 4.98 Å². The van der Waals surface area contributed by atoms with Crippen LogP contribution in [0.3, 0.4) is 0 Å². The Labute approximate surface area is 190 Å². The van der Waals surface area contributed by atoms with Crippen LogP contribution < -0.4 is 16.0 Å². The summed E-state index contributed by atoms with van der Waals surface area (Å²) in [4.78, 5) is 69.2. The Morgan fingerprint density at radius 3 is 2.70 bits per heavy atom. The molecule has 3 unspecified atom stereocenters. The highest BCUT2D eigenvalue weighted by Crippen LogP contribution is 2.20. The Bertz CT molecular complexity index is 873. The van der Waals surface area contributed by atoms with Crippen LogP contribution in [0.5, 0.6) is 0 Å². The number of imidazole rings is 1. The zero-order chi connectivity index (χ0) is 23.8. The van der Waals surface area contributed by atoms with E-state index in [0.29, 0.717) is 50.9 Å². The Morgan fingerprint density at radius 1 is 1.21 bits per heavy atom. The smallest absolute Gasteiger partial charge is 0.303 e. The van der Waals surface area contributed by atoms with Gasteiger partial charge in [0, 0.05) is 44.2 Å². The molecular formula is C21H30N6O6. The van der Waals surface area contributed by atoms with Gasteiger partial charge in [0.15, 0.2) is 0 Å². The fourth-order valence-electron chi connectivity index (χ4n) is 4.13. The molecule has 2 aliphatic heterocycles. The Hall–Kier alpha value is -3.44. The van der Waals surface area contributed by atoms with Gasteiger partial charge in [-0.1, -0.05) is 0 Å². The average molecular weight is 463 g/mol. The lowest BCUT2D eigenvalue weighted by Crippen LogP contribution is -2.56. The molecule has 0 aliphatic carbocycles. The third-order valence-corrected chi connectivity index (χ3v) is 5.86. The van der Waals surface area contributed by atoms with Crippen molar-refractivity contribution in [3.05, 3.63) is 18.2 Å². The number of carboxylic acid groups (broad SMARTS) is 1. The number of aromatic amines is 1. The second-order valence-electron chi connectivity index (χ2n) is 8.33. The van der Waals surface area contributed by atoms with Gasteiger partial charge in [-0.15, -0.1) is 0 Å². The Kier molecular flexibility index (Phi) is 8.39. The first-order valence-corrected chi connectivity index (χ1v) is 11.2. The highest BCUT2D eigenvalue weighted by atomic mass is 16.4. The number of carbonyl (C=O) groups excluding carboxylic acids is 4. The third-order valence-electron chi connectivity index (χ3n) is 5.86. The molecule has 12 heteroatoms. The molecule has 0 aromatic carbocycles. The molecule has 2 saturated heterocycles. The standard InChI is InChI=1S/C21H30N6O6/c28-17-7-6-14(25-17)19(31)26-15(10-13-11-22-12-24-13)21(33)27-9-3-4-16(27)20(32)23-8-2-1-5-18(29)30/h11-12,14-16H,1-10H2,(H,22,24)(H,23,32)(H,25,28)(H,26,31)(H,29,30). The molecular weight excluding hydrogens is 432 g/mol. The maximum absolute atomic E-state index is 13.4. The van der Waals surface area contributed by atoms with E-state index < -0.39 is 30.0 Å². The number of carboxylic acids is 1. The zero-order valence-corrected chi connectivity index (χ0v) is 18.3. The van der Waals surface area contributed by atoms with E-state index in [0.717, 1.165) is 0 Å². The minimum Gasteiger partial charge on any atom is -0.481 e. The minimum absolute atomic E-state index is 0.0420. The van der Waals surface area contributed by atoms with Crippen molar-refractivity contribution >= 4 is 29.6 Å². The van der Waals surface area contributed by atoms with Crippen LogP contribution >= 0.6 is 0 Å². The summed E-state index contributed by atoms with van der Waals surface area (Å²) < 4.78 is 0. The first-order chi connectivity index (χ1) is 15.8. The van der Waals surface area contributed by atoms with Crippen molar-refractivity contribution in [3.63, 3.8) is 0 Å². The van der Waals surface area contributed by atoms with Crippen molar-refractivity contribution in [3.8, 4) is 0 Å². The molecule has 3 atom stereocenters. The highest BCUT2D eigenvalue weighted by molar-refractivity contribution is 5.95. The molecule has 1 aromatic heterocycles. The molecule has 2 fully saturated rings. The number of hydrogen-bond donors (Lipinski definition) is 5. The van der Waals surface area contributed by atoms with Gasteiger partial charge in [0.25, 0.3) is 0 Å². The highest BCUT2D eigenvalue weighted by Gasteiger charge is 2.39. The van der Waals surface area contributed by atoms with Crippen LogP contribution in [0.15, 0.2) is 12.5 Å². The van der Waals surface area contributed by atoms with E-state index in [-0.39, 0.29) is 37.0 Å². The van der Waals surface area contributed by atoms with E-state index in [1.54, 1.807) is 6.20 Å². The topological polar surface area (TPSA) is 174 Å². The van der Waals surface area contributed by atoms with Gasteiger partial charge in [-0.2, -0.15) is 0 Å². The summed E-state index contributed by atoms with van der Waals surface area (Å²) in [6, 6.07) is -2.25. The van der Waals surface area contributed by atoms with Gasteiger partial charge in [-0.05, 0) is 32.1 Å².